The summed E-state index contributed by atoms with van der Waals surface area (Å²) in [6.07, 6.45) is -2.76. The molecule has 12 aromatic rings. The Morgan fingerprint density at radius 1 is 0.428 bits per heavy atom. The van der Waals surface area contributed by atoms with Crippen LogP contribution in [0.3, 0.4) is 0 Å². The summed E-state index contributed by atoms with van der Waals surface area (Å²) in [6, 6.07) is 33.9. The number of nitrogens with zero attached hydrogens (tertiary/aromatic N) is 19. The molecule has 17 rings (SSSR count). The van der Waals surface area contributed by atoms with Crippen molar-refractivity contribution in [1.29, 1.82) is 0 Å². The highest BCUT2D eigenvalue weighted by atomic mass is 19.4. The maximum atomic E-state index is 13.7. The molecule has 1 saturated carbocycles. The van der Waals surface area contributed by atoms with Gasteiger partial charge in [-0.3, -0.25) is 38.4 Å². The molecule has 8 aromatic heterocycles. The number of aromatic nitrogens is 12. The number of carbonyl (C=O) groups excluding carboxylic acids is 8. The van der Waals surface area contributed by atoms with Crippen molar-refractivity contribution >= 4 is 69.8 Å². The first-order chi connectivity index (χ1) is 67.2. The average Bonchev–Trinajstić information content (AvgIpc) is 1.72. The summed E-state index contributed by atoms with van der Waals surface area (Å²) in [5.74, 6) is -5.04. The summed E-state index contributed by atoms with van der Waals surface area (Å²) in [7, 11) is 0. The predicted molar refractivity (Wildman–Crippen MR) is 526 cm³/mol. The fourth-order valence-electron chi connectivity index (χ4n) is 18.8. The van der Waals surface area contributed by atoms with E-state index in [4.69, 9.17) is 10.8 Å². The lowest BCUT2D eigenvalue weighted by molar-refractivity contribution is -0.251. The lowest BCUT2D eigenvalue weighted by Crippen LogP contribution is -2.68. The molecule has 8 amide bonds. The Kier molecular flexibility index (Phi) is 28.9. The number of fused-ring (bicyclic) bond motifs is 4. The molecule has 4 saturated heterocycles. The van der Waals surface area contributed by atoms with Crippen LogP contribution in [-0.4, -0.2) is 273 Å². The van der Waals surface area contributed by atoms with Crippen LogP contribution in [0, 0.1) is 30.3 Å². The van der Waals surface area contributed by atoms with Crippen LogP contribution in [0.4, 0.5) is 39.5 Å². The minimum atomic E-state index is -5.14. The van der Waals surface area contributed by atoms with Gasteiger partial charge in [0, 0.05) is 122 Å². The zero-order valence-corrected chi connectivity index (χ0v) is 85.4. The molecule has 4 aliphatic heterocycles. The maximum Gasteiger partial charge on any atom is 0.426 e. The standard InChI is InChI=1S/C28H34FN5O3.C27H32F4N6O2.C27H31F4N5O3.C23H27N5O2/c1-17(2)21-12-22(18-6-8-20(29)9-7-18)31-34-15-23(30-24(21)34)26(36)33-11-10-32(16-27(33,3)4)25(35)19-13-28(5,37)14-19;1-24(2,3)18-13-19(16-7-9-17(28)10-8-16)34-37-14-20(33-21(18)37)22(38)36-12-11-35(15-25(36,4)5)23(39)26(6,32)27(29,30)31;1-24(2,3)18-13-19(16-7-9-17(28)10-8-16)33-36-14-20(32-21(18)36)22(37)35-12-11-34(15-25(35,4)5)23(38)26(6,39)27(29,30)31;1-14(2)17-12-18(16-8-6-7-15(3)11-16)26-28-13-19(25-20(17)28)21(29)27-10-9-24-22(30)23(27,4)5/h6-9,12,15,17,19,37H,10-11,13-14,16H2,1-5H3;7-10,13-14H,11-12,15,32H2,1-6H3;7-10,13-14,39H,11-12,15H2,1-6H3;6-8,11-14H,9-10H2,1-5H3,(H,24,30). The first kappa shape index (κ1) is 107. The summed E-state index contributed by atoms with van der Waals surface area (Å²) < 4.78 is 127. The molecule has 12 heterocycles. The van der Waals surface area contributed by atoms with Gasteiger partial charge in [0.1, 0.15) is 45.8 Å². The number of nitrogens with one attached hydrogen (secondary N) is 1. The summed E-state index contributed by atoms with van der Waals surface area (Å²) in [5, 5.41) is 41.3. The monoisotopic (exact) mass is 2010 g/mol. The van der Waals surface area contributed by atoms with Crippen molar-refractivity contribution < 1.29 is 88.1 Å². The number of amides is 8. The van der Waals surface area contributed by atoms with Gasteiger partial charge in [0.15, 0.2) is 28.1 Å². The molecule has 145 heavy (non-hydrogen) atoms. The van der Waals surface area contributed by atoms with Gasteiger partial charge in [-0.15, -0.1) is 0 Å². The van der Waals surface area contributed by atoms with Gasteiger partial charge in [0.2, 0.25) is 17.4 Å². The van der Waals surface area contributed by atoms with Crippen molar-refractivity contribution in [3.63, 3.8) is 0 Å². The largest absolute Gasteiger partial charge is 0.426 e. The van der Waals surface area contributed by atoms with Crippen LogP contribution in [-0.2, 0) is 30.0 Å². The zero-order chi connectivity index (χ0) is 107. The van der Waals surface area contributed by atoms with Gasteiger partial charge in [-0.2, -0.15) is 46.7 Å². The van der Waals surface area contributed by atoms with Gasteiger partial charge in [-0.05, 0) is 222 Å². The molecule has 40 heteroatoms. The van der Waals surface area contributed by atoms with E-state index in [1.807, 2.05) is 96.7 Å². The molecule has 1 aliphatic carbocycles. The van der Waals surface area contributed by atoms with E-state index in [1.54, 1.807) is 116 Å². The van der Waals surface area contributed by atoms with E-state index in [9.17, 15) is 88.1 Å². The number of carbonyl (C=O) groups is 8. The van der Waals surface area contributed by atoms with E-state index in [1.165, 1.54) is 67.6 Å². The molecule has 4 aromatic carbocycles. The zero-order valence-electron chi connectivity index (χ0n) is 85.4. The van der Waals surface area contributed by atoms with Crippen LogP contribution in [0.15, 0.2) is 146 Å². The minimum absolute atomic E-state index is 0.000230. The predicted octanol–water partition coefficient (Wildman–Crippen LogP) is 15.4. The van der Waals surface area contributed by atoms with E-state index in [0.29, 0.717) is 122 Å². The topological polar surface area (TPSA) is 359 Å². The SMILES string of the molecule is CC(C)(C)c1cc(-c2ccc(F)cc2)nn2cc(C(=O)N3CCN(C(=O)C(C)(N)C(F)(F)F)CC3(C)C)nc12.CC(C)(C)c1cc(-c2ccc(F)cc2)nn2cc(C(=O)N3CCN(C(=O)C(C)(O)C(F)(F)F)CC3(C)C)nc12.CC(C)c1cc(-c2ccc(F)cc2)nn2cc(C(=O)N3CCN(C(=O)C4CC(C)(O)C4)CC3(C)C)nc12.Cc1cccc(-c2cc(C(C)C)c3nc(C(=O)N4CCNC(=O)C4(C)C)cn3n2)c1. The number of aryl methyl sites for hydroxylation is 1. The summed E-state index contributed by atoms with van der Waals surface area (Å²) in [6.45, 7) is 40.7. The molecular formula is C105H124F9N21O10. The number of hydrogen-bond donors (Lipinski definition) is 4. The summed E-state index contributed by atoms with van der Waals surface area (Å²) in [4.78, 5) is 133. The number of benzene rings is 4. The molecule has 0 bridgehead atoms. The van der Waals surface area contributed by atoms with Crippen molar-refractivity contribution in [2.45, 2.75) is 239 Å². The number of rotatable bonds is 13. The molecule has 5 aliphatic rings. The second kappa shape index (κ2) is 39.1. The third-order valence-electron chi connectivity index (χ3n) is 27.4. The van der Waals surface area contributed by atoms with Gasteiger partial charge < -0.3 is 55.6 Å². The number of alkyl halides is 6. The third-order valence-corrected chi connectivity index (χ3v) is 27.4. The van der Waals surface area contributed by atoms with Gasteiger partial charge in [-0.1, -0.05) is 93.0 Å². The van der Waals surface area contributed by atoms with Gasteiger partial charge >= 0.3 is 12.4 Å². The van der Waals surface area contributed by atoms with E-state index in [2.05, 4.69) is 87.3 Å². The molecule has 2 atom stereocenters. The van der Waals surface area contributed by atoms with Gasteiger partial charge in [0.25, 0.3) is 35.4 Å². The molecule has 772 valence electrons. The Labute approximate surface area is 833 Å². The molecular weight excluding hydrogens is 1890 g/mol. The Hall–Kier alpha value is -13.6. The van der Waals surface area contributed by atoms with Crippen LogP contribution in [0.25, 0.3) is 67.6 Å². The second-order valence-electron chi connectivity index (χ2n) is 43.8. The molecule has 5 fully saturated rings. The third kappa shape index (κ3) is 22.0. The molecule has 0 radical (unpaired) electrons. The van der Waals surface area contributed by atoms with Gasteiger partial charge in [0.05, 0.1) is 69.8 Å². The number of piperazine rings is 4. The maximum absolute atomic E-state index is 13.7. The first-order valence-electron chi connectivity index (χ1n) is 48.0. The van der Waals surface area contributed by atoms with Crippen molar-refractivity contribution in [3.05, 3.63) is 214 Å². The average molecular weight is 2010 g/mol. The fraction of sp³-hybridized carbons (Fsp3) is 0.467. The van der Waals surface area contributed by atoms with E-state index in [-0.39, 0.29) is 120 Å². The number of imidazole rings is 4. The van der Waals surface area contributed by atoms with Crippen LogP contribution in [0.2, 0.25) is 0 Å². The molecule has 5 N–H and O–H groups in total. The Morgan fingerprint density at radius 3 is 1.10 bits per heavy atom. The van der Waals surface area contributed by atoms with Gasteiger partial charge in [-0.25, -0.2) is 51.2 Å². The first-order valence-corrected chi connectivity index (χ1v) is 48.0. The Bertz CT molecular complexity index is 6780. The molecule has 2 unspecified atom stereocenters. The van der Waals surface area contributed by atoms with Crippen molar-refractivity contribution in [3.8, 4) is 45.0 Å². The molecule has 0 spiro atoms. The van der Waals surface area contributed by atoms with E-state index >= 15 is 0 Å². The lowest BCUT2D eigenvalue weighted by atomic mass is 9.71. The number of hydrogen-bond acceptors (Lipinski definition) is 19. The van der Waals surface area contributed by atoms with E-state index < -0.39 is 74.9 Å². The smallest absolute Gasteiger partial charge is 0.390 e. The highest BCUT2D eigenvalue weighted by molar-refractivity contribution is 6.00. The normalized spacial score (nSPS) is 18.9. The number of nitrogens with two attached hydrogens (primary N) is 1. The number of halogens is 9. The Balaban J connectivity index is 0.000000154. The van der Waals surface area contributed by atoms with Crippen LogP contribution < -0.4 is 11.1 Å². The van der Waals surface area contributed by atoms with E-state index in [0.717, 1.165) is 54.4 Å². The van der Waals surface area contributed by atoms with Crippen LogP contribution in [0.5, 0.6) is 0 Å². The minimum Gasteiger partial charge on any atom is -0.390 e. The highest BCUT2D eigenvalue weighted by Crippen LogP contribution is 2.43. The summed E-state index contributed by atoms with van der Waals surface area (Å²) >= 11 is 0. The quantitative estimate of drug-likeness (QED) is 0.0779. The number of aliphatic hydroxyl groups is 2. The lowest BCUT2D eigenvalue weighted by Gasteiger charge is -2.49. The second-order valence-corrected chi connectivity index (χ2v) is 43.8. The Morgan fingerprint density at radius 2 is 0.759 bits per heavy atom. The van der Waals surface area contributed by atoms with Crippen molar-refractivity contribution in [2.24, 2.45) is 11.7 Å². The summed E-state index contributed by atoms with van der Waals surface area (Å²) in [5.41, 5.74) is 7.33. The van der Waals surface area contributed by atoms with Crippen molar-refractivity contribution in [1.82, 2.24) is 98.0 Å². The van der Waals surface area contributed by atoms with Crippen molar-refractivity contribution in [2.75, 3.05) is 72.0 Å². The fourth-order valence-corrected chi connectivity index (χ4v) is 18.8. The van der Waals surface area contributed by atoms with Crippen LogP contribution in [0.1, 0.15) is 240 Å². The highest BCUT2D eigenvalue weighted by Gasteiger charge is 2.60. The molecule has 31 nitrogen and oxygen atoms in total. The van der Waals surface area contributed by atoms with Crippen LogP contribution >= 0.6 is 0 Å².